The summed E-state index contributed by atoms with van der Waals surface area (Å²) < 4.78 is 51.1. The van der Waals surface area contributed by atoms with Crippen LogP contribution in [0.15, 0.2) is 18.2 Å². The van der Waals surface area contributed by atoms with Gasteiger partial charge in [0.15, 0.2) is 0 Å². The van der Waals surface area contributed by atoms with Crippen molar-refractivity contribution in [1.82, 2.24) is 0 Å². The summed E-state index contributed by atoms with van der Waals surface area (Å²) in [6.45, 7) is 0. The van der Waals surface area contributed by atoms with Crippen LogP contribution in [0.1, 0.15) is 24.0 Å². The zero-order valence-corrected chi connectivity index (χ0v) is 9.67. The fourth-order valence-electron chi connectivity index (χ4n) is 2.40. The van der Waals surface area contributed by atoms with Gasteiger partial charge in [-0.25, -0.2) is 4.39 Å². The van der Waals surface area contributed by atoms with E-state index >= 15 is 0 Å². The lowest BCUT2D eigenvalue weighted by atomic mass is 9.61. The van der Waals surface area contributed by atoms with Gasteiger partial charge in [0.05, 0.1) is 11.0 Å². The number of nitrogens with two attached hydrogens (primary N) is 1. The molecule has 0 unspecified atom stereocenters. The van der Waals surface area contributed by atoms with Gasteiger partial charge in [0.25, 0.3) is 0 Å². The zero-order valence-electron chi connectivity index (χ0n) is 9.67. The largest absolute Gasteiger partial charge is 0.481 e. The van der Waals surface area contributed by atoms with Crippen molar-refractivity contribution in [3.63, 3.8) is 0 Å². The number of halogens is 4. The average Bonchev–Trinajstić information content (AvgIpc) is 2.21. The number of alkyl halides is 3. The van der Waals surface area contributed by atoms with E-state index in [0.717, 1.165) is 6.07 Å². The topological polar surface area (TPSA) is 63.3 Å². The van der Waals surface area contributed by atoms with Crippen LogP contribution in [-0.2, 0) is 16.4 Å². The molecule has 1 saturated carbocycles. The van der Waals surface area contributed by atoms with E-state index in [1.807, 2.05) is 0 Å². The number of benzene rings is 1. The van der Waals surface area contributed by atoms with E-state index in [1.54, 1.807) is 0 Å². The highest BCUT2D eigenvalue weighted by Gasteiger charge is 2.51. The molecule has 2 rings (SSSR count). The molecule has 1 aliphatic carbocycles. The van der Waals surface area contributed by atoms with Crippen LogP contribution in [0.4, 0.5) is 17.6 Å². The number of hydrogen-bond acceptors (Lipinski definition) is 2. The van der Waals surface area contributed by atoms with Gasteiger partial charge >= 0.3 is 12.1 Å². The summed E-state index contributed by atoms with van der Waals surface area (Å²) in [5, 5.41) is 9.18. The Kier molecular flexibility index (Phi) is 3.04. The number of rotatable bonds is 2. The Morgan fingerprint density at radius 1 is 1.32 bits per heavy atom. The highest BCUT2D eigenvalue weighted by atomic mass is 19.4. The van der Waals surface area contributed by atoms with Crippen LogP contribution < -0.4 is 5.73 Å². The second-order valence-electron chi connectivity index (χ2n) is 4.78. The molecule has 1 aromatic carbocycles. The first-order valence-electron chi connectivity index (χ1n) is 5.52. The van der Waals surface area contributed by atoms with E-state index in [9.17, 15) is 27.5 Å². The van der Waals surface area contributed by atoms with Gasteiger partial charge in [0.1, 0.15) is 5.82 Å². The molecule has 0 aliphatic heterocycles. The first-order valence-corrected chi connectivity index (χ1v) is 5.52. The van der Waals surface area contributed by atoms with Gasteiger partial charge in [-0.1, -0.05) is 0 Å². The van der Waals surface area contributed by atoms with Gasteiger partial charge in [-0.3, -0.25) is 4.79 Å². The molecule has 0 heterocycles. The van der Waals surface area contributed by atoms with Crippen LogP contribution in [0.5, 0.6) is 0 Å². The number of carboxylic acids is 1. The minimum Gasteiger partial charge on any atom is -0.481 e. The molecule has 0 spiro atoms. The smallest absolute Gasteiger partial charge is 0.416 e. The van der Waals surface area contributed by atoms with E-state index < -0.39 is 35.0 Å². The Morgan fingerprint density at radius 2 is 1.89 bits per heavy atom. The lowest BCUT2D eigenvalue weighted by Crippen LogP contribution is -2.54. The quantitative estimate of drug-likeness (QED) is 0.815. The molecular formula is C12H11F4NO2. The third-order valence-corrected chi connectivity index (χ3v) is 3.41. The molecule has 0 saturated heterocycles. The standard InChI is InChI=1S/C12H11F4NO2/c13-8-2-6(1-7(3-8)12(14,15)16)11(10(18)19)4-9(17)5-11/h1-3,9H,4-5,17H2,(H,18,19). The molecule has 1 aromatic rings. The van der Waals surface area contributed by atoms with Crippen molar-refractivity contribution in [2.45, 2.75) is 30.5 Å². The molecule has 0 atom stereocenters. The molecule has 104 valence electrons. The first kappa shape index (κ1) is 13.8. The Balaban J connectivity index is 2.50. The van der Waals surface area contributed by atoms with Gasteiger partial charge in [-0.15, -0.1) is 0 Å². The van der Waals surface area contributed by atoms with Crippen molar-refractivity contribution in [3.05, 3.63) is 35.1 Å². The van der Waals surface area contributed by atoms with Crippen LogP contribution in [0.3, 0.4) is 0 Å². The molecule has 1 fully saturated rings. The minimum absolute atomic E-state index is 0.00306. The third kappa shape index (κ3) is 2.30. The van der Waals surface area contributed by atoms with Crippen molar-refractivity contribution in [2.75, 3.05) is 0 Å². The second-order valence-corrected chi connectivity index (χ2v) is 4.78. The maximum absolute atomic E-state index is 13.3. The van der Waals surface area contributed by atoms with Gasteiger partial charge in [-0.2, -0.15) is 13.2 Å². The normalized spacial score (nSPS) is 26.9. The summed E-state index contributed by atoms with van der Waals surface area (Å²) in [7, 11) is 0. The van der Waals surface area contributed by atoms with Gasteiger partial charge < -0.3 is 10.8 Å². The first-order chi connectivity index (χ1) is 8.65. The third-order valence-electron chi connectivity index (χ3n) is 3.41. The number of hydrogen-bond donors (Lipinski definition) is 2. The lowest BCUT2D eigenvalue weighted by Gasteiger charge is -2.43. The van der Waals surface area contributed by atoms with Crippen molar-refractivity contribution in [2.24, 2.45) is 5.73 Å². The van der Waals surface area contributed by atoms with Crippen LogP contribution >= 0.6 is 0 Å². The van der Waals surface area contributed by atoms with Crippen LogP contribution in [0, 0.1) is 5.82 Å². The highest BCUT2D eigenvalue weighted by molar-refractivity contribution is 5.83. The maximum atomic E-state index is 13.3. The Bertz CT molecular complexity index is 521. The molecule has 0 amide bonds. The van der Waals surface area contributed by atoms with E-state index in [0.29, 0.717) is 12.1 Å². The lowest BCUT2D eigenvalue weighted by molar-refractivity contribution is -0.148. The fourth-order valence-corrected chi connectivity index (χ4v) is 2.40. The van der Waals surface area contributed by atoms with Crippen molar-refractivity contribution in [1.29, 1.82) is 0 Å². The van der Waals surface area contributed by atoms with Gasteiger partial charge in [0, 0.05) is 6.04 Å². The monoisotopic (exact) mass is 277 g/mol. The SMILES string of the molecule is NC1CC(C(=O)O)(c2cc(F)cc(C(F)(F)F)c2)C1. The molecule has 0 radical (unpaired) electrons. The summed E-state index contributed by atoms with van der Waals surface area (Å²) >= 11 is 0. The zero-order chi connectivity index (χ0) is 14.4. The Labute approximate surface area is 106 Å². The van der Waals surface area contributed by atoms with Crippen LogP contribution in [-0.4, -0.2) is 17.1 Å². The molecular weight excluding hydrogens is 266 g/mol. The summed E-state index contributed by atoms with van der Waals surface area (Å²) in [5.74, 6) is -2.39. The number of carbonyl (C=O) groups is 1. The van der Waals surface area contributed by atoms with Gasteiger partial charge in [-0.05, 0) is 36.6 Å². The average molecular weight is 277 g/mol. The van der Waals surface area contributed by atoms with Crippen molar-refractivity contribution >= 4 is 5.97 Å². The maximum Gasteiger partial charge on any atom is 0.416 e. The summed E-state index contributed by atoms with van der Waals surface area (Å²) in [4.78, 5) is 11.3. The molecule has 1 aliphatic rings. The molecule has 3 nitrogen and oxygen atoms in total. The predicted octanol–water partition coefficient (Wildman–Crippen LogP) is 2.29. The summed E-state index contributed by atoms with van der Waals surface area (Å²) in [6.07, 6.45) is -4.71. The van der Waals surface area contributed by atoms with Gasteiger partial charge in [0.2, 0.25) is 0 Å². The van der Waals surface area contributed by atoms with E-state index in [1.165, 1.54) is 0 Å². The van der Waals surface area contributed by atoms with E-state index in [-0.39, 0.29) is 18.4 Å². The predicted molar refractivity (Wildman–Crippen MR) is 57.9 cm³/mol. The molecule has 7 heteroatoms. The summed E-state index contributed by atoms with van der Waals surface area (Å²) in [6, 6.07) is 1.46. The fraction of sp³-hybridized carbons (Fsp3) is 0.417. The Morgan fingerprint density at radius 3 is 2.32 bits per heavy atom. The van der Waals surface area contributed by atoms with E-state index in [2.05, 4.69) is 0 Å². The number of aliphatic carboxylic acids is 1. The van der Waals surface area contributed by atoms with Crippen LogP contribution in [0.25, 0.3) is 0 Å². The van der Waals surface area contributed by atoms with Crippen LogP contribution in [0.2, 0.25) is 0 Å². The molecule has 3 N–H and O–H groups in total. The molecule has 19 heavy (non-hydrogen) atoms. The molecule has 0 bridgehead atoms. The minimum atomic E-state index is -4.72. The van der Waals surface area contributed by atoms with E-state index in [4.69, 9.17) is 5.73 Å². The highest BCUT2D eigenvalue weighted by Crippen LogP contribution is 2.45. The van der Waals surface area contributed by atoms with Crippen molar-refractivity contribution in [3.8, 4) is 0 Å². The number of carboxylic acid groups (broad SMARTS) is 1. The Hall–Kier alpha value is -1.63. The van der Waals surface area contributed by atoms with Crippen molar-refractivity contribution < 1.29 is 27.5 Å². The summed E-state index contributed by atoms with van der Waals surface area (Å²) in [5.41, 5.74) is 2.62. The molecule has 0 aromatic heterocycles. The second kappa shape index (κ2) is 4.19.